The van der Waals surface area contributed by atoms with Crippen molar-refractivity contribution < 1.29 is 4.74 Å². The van der Waals surface area contributed by atoms with E-state index in [0.29, 0.717) is 18.6 Å². The molecule has 0 spiro atoms. The Kier molecular flexibility index (Phi) is 7.91. The minimum absolute atomic E-state index is 0.0636. The van der Waals surface area contributed by atoms with Gasteiger partial charge in [-0.15, -0.1) is 0 Å². The molecule has 0 saturated heterocycles. The molecular weight excluding hydrogens is 404 g/mol. The summed E-state index contributed by atoms with van der Waals surface area (Å²) in [6.07, 6.45) is 7.64. The Bertz CT molecular complexity index is 890. The maximum absolute atomic E-state index is 13.2. The number of ether oxygens (including phenoxy) is 1. The molecule has 1 aliphatic heterocycles. The largest absolute Gasteiger partial charge is 0.376 e. The number of hydrogen-bond donors (Lipinski definition) is 1. The number of benzene rings is 1. The zero-order valence-electron chi connectivity index (χ0n) is 18.9. The molecule has 1 fully saturated rings. The van der Waals surface area contributed by atoms with Crippen molar-refractivity contribution in [2.45, 2.75) is 82.9 Å². The van der Waals surface area contributed by atoms with Crippen LogP contribution >= 0.6 is 11.9 Å². The monoisotopic (exact) mass is 440 g/mol. The van der Waals surface area contributed by atoms with Gasteiger partial charge < -0.3 is 9.30 Å². The van der Waals surface area contributed by atoms with Crippen LogP contribution in [-0.4, -0.2) is 29.1 Å². The number of rotatable bonds is 8. The molecule has 0 radical (unpaired) electrons. The van der Waals surface area contributed by atoms with Crippen LogP contribution in [0.5, 0.6) is 0 Å². The molecule has 4 rings (SSSR count). The van der Waals surface area contributed by atoms with E-state index in [9.17, 15) is 4.79 Å². The van der Waals surface area contributed by atoms with Crippen LogP contribution in [0.25, 0.3) is 0 Å². The van der Waals surface area contributed by atoms with Gasteiger partial charge in [-0.1, -0.05) is 62.2 Å². The lowest BCUT2D eigenvalue weighted by atomic mass is 9.83. The zero-order chi connectivity index (χ0) is 21.6. The van der Waals surface area contributed by atoms with Crippen LogP contribution in [0.15, 0.2) is 47.3 Å². The first-order valence-corrected chi connectivity index (χ1v) is 13.0. The van der Waals surface area contributed by atoms with Crippen molar-refractivity contribution in [3.63, 3.8) is 0 Å². The molecule has 1 saturated carbocycles. The molecule has 0 amide bonds. The maximum Gasteiger partial charge on any atom is 0.254 e. The van der Waals surface area contributed by atoms with E-state index in [0.717, 1.165) is 49.1 Å². The van der Waals surface area contributed by atoms with E-state index in [-0.39, 0.29) is 17.6 Å². The first kappa shape index (κ1) is 22.6. The predicted molar refractivity (Wildman–Crippen MR) is 130 cm³/mol. The van der Waals surface area contributed by atoms with Crippen LogP contribution in [-0.2, 0) is 17.6 Å². The Morgan fingerprint density at radius 3 is 2.52 bits per heavy atom. The Labute approximate surface area is 190 Å². The molecule has 31 heavy (non-hydrogen) atoms. The van der Waals surface area contributed by atoms with Crippen molar-refractivity contribution in [3.8, 4) is 0 Å². The van der Waals surface area contributed by atoms with E-state index in [1.807, 2.05) is 10.6 Å². The first-order chi connectivity index (χ1) is 15.2. The molecule has 2 unspecified atom stereocenters. The van der Waals surface area contributed by atoms with Gasteiger partial charge in [0.1, 0.15) is 0 Å². The van der Waals surface area contributed by atoms with Crippen LogP contribution in [0.1, 0.15) is 74.7 Å². The average molecular weight is 441 g/mol. The lowest BCUT2D eigenvalue weighted by Gasteiger charge is -2.37. The second kappa shape index (κ2) is 10.8. The van der Waals surface area contributed by atoms with Gasteiger partial charge in [0, 0.05) is 23.1 Å². The Morgan fingerprint density at radius 1 is 1.03 bits per heavy atom. The SMILES string of the molecule is CCSNC1CCc2ccc(CC)c(=O)n2C1COC1CCC(c2ccccc2)CC1. The van der Waals surface area contributed by atoms with Gasteiger partial charge in [-0.05, 0) is 62.5 Å². The van der Waals surface area contributed by atoms with Gasteiger partial charge in [-0.3, -0.25) is 9.52 Å². The second-order valence-corrected chi connectivity index (χ2v) is 9.96. The van der Waals surface area contributed by atoms with Crippen LogP contribution < -0.4 is 10.3 Å². The van der Waals surface area contributed by atoms with Crippen LogP contribution in [0, 0.1) is 0 Å². The standard InChI is InChI=1S/C26H36N2O2S/c1-3-19-10-13-22-14-17-24(27-31-4-2)25(28(22)26(19)29)18-30-23-15-11-21(12-16-23)20-8-6-5-7-9-20/h5-10,13,21,23-25,27H,3-4,11-12,14-18H2,1-2H3. The normalized spacial score (nSPS) is 25.9. The summed E-state index contributed by atoms with van der Waals surface area (Å²) in [4.78, 5) is 13.2. The van der Waals surface area contributed by atoms with Crippen molar-refractivity contribution in [2.24, 2.45) is 0 Å². The Hall–Kier alpha value is -1.56. The lowest BCUT2D eigenvalue weighted by molar-refractivity contribution is -0.00153. The molecule has 5 heteroatoms. The second-order valence-electron chi connectivity index (χ2n) is 8.86. The number of nitrogens with one attached hydrogen (secondary N) is 1. The van der Waals surface area contributed by atoms with E-state index in [2.05, 4.69) is 55.0 Å². The fraction of sp³-hybridized carbons (Fsp3) is 0.577. The van der Waals surface area contributed by atoms with Gasteiger partial charge in [0.2, 0.25) is 0 Å². The van der Waals surface area contributed by atoms with Crippen molar-refractivity contribution in [1.29, 1.82) is 0 Å². The number of nitrogens with zero attached hydrogens (tertiary/aromatic N) is 1. The number of fused-ring (bicyclic) bond motifs is 1. The molecule has 2 heterocycles. The quantitative estimate of drug-likeness (QED) is 0.568. The van der Waals surface area contributed by atoms with Crippen molar-refractivity contribution in [2.75, 3.05) is 12.4 Å². The molecule has 2 atom stereocenters. The van der Waals surface area contributed by atoms with Gasteiger partial charge in [0.05, 0.1) is 18.8 Å². The summed E-state index contributed by atoms with van der Waals surface area (Å²) in [5.41, 5.74) is 3.69. The fourth-order valence-electron chi connectivity index (χ4n) is 5.19. The smallest absolute Gasteiger partial charge is 0.254 e. The highest BCUT2D eigenvalue weighted by Gasteiger charge is 2.32. The summed E-state index contributed by atoms with van der Waals surface area (Å²) in [5, 5.41) is 0. The fourth-order valence-corrected chi connectivity index (χ4v) is 5.84. The molecular formula is C26H36N2O2S. The molecule has 1 aromatic carbocycles. The van der Waals surface area contributed by atoms with Crippen LogP contribution in [0.2, 0.25) is 0 Å². The average Bonchev–Trinajstić information content (AvgIpc) is 2.82. The summed E-state index contributed by atoms with van der Waals surface area (Å²) in [7, 11) is 0. The number of hydrogen-bond acceptors (Lipinski definition) is 4. The molecule has 2 aliphatic rings. The molecule has 1 N–H and O–H groups in total. The van der Waals surface area contributed by atoms with Gasteiger partial charge >= 0.3 is 0 Å². The molecule has 2 aromatic rings. The van der Waals surface area contributed by atoms with Crippen LogP contribution in [0.3, 0.4) is 0 Å². The first-order valence-electron chi connectivity index (χ1n) is 12.0. The summed E-state index contributed by atoms with van der Waals surface area (Å²) in [6, 6.07) is 15.4. The predicted octanol–water partition coefficient (Wildman–Crippen LogP) is 5.27. The molecule has 1 aromatic heterocycles. The topological polar surface area (TPSA) is 43.3 Å². The number of pyridine rings is 1. The van der Waals surface area contributed by atoms with Gasteiger partial charge in [0.15, 0.2) is 0 Å². The third-order valence-corrected chi connectivity index (χ3v) is 7.75. The third-order valence-electron chi connectivity index (χ3n) is 7.00. The van der Waals surface area contributed by atoms with Gasteiger partial charge in [-0.2, -0.15) is 0 Å². The maximum atomic E-state index is 13.2. The minimum Gasteiger partial charge on any atom is -0.376 e. The highest BCUT2D eigenvalue weighted by molar-refractivity contribution is 7.97. The molecule has 168 valence electrons. The van der Waals surface area contributed by atoms with E-state index in [1.165, 1.54) is 18.4 Å². The molecule has 4 nitrogen and oxygen atoms in total. The van der Waals surface area contributed by atoms with E-state index in [4.69, 9.17) is 4.74 Å². The minimum atomic E-state index is 0.0636. The third kappa shape index (κ3) is 5.27. The van der Waals surface area contributed by atoms with Crippen molar-refractivity contribution in [1.82, 2.24) is 9.29 Å². The summed E-state index contributed by atoms with van der Waals surface area (Å²) in [5.74, 6) is 1.67. The summed E-state index contributed by atoms with van der Waals surface area (Å²) < 4.78 is 12.2. The zero-order valence-corrected chi connectivity index (χ0v) is 19.7. The molecule has 0 bridgehead atoms. The molecule has 1 aliphatic carbocycles. The van der Waals surface area contributed by atoms with Gasteiger partial charge in [0.25, 0.3) is 5.56 Å². The summed E-state index contributed by atoms with van der Waals surface area (Å²) >= 11 is 1.75. The van der Waals surface area contributed by atoms with Crippen molar-refractivity contribution in [3.05, 3.63) is 69.6 Å². The van der Waals surface area contributed by atoms with E-state index < -0.39 is 0 Å². The summed E-state index contributed by atoms with van der Waals surface area (Å²) in [6.45, 7) is 4.83. The lowest BCUT2D eigenvalue weighted by Crippen LogP contribution is -2.47. The van der Waals surface area contributed by atoms with Crippen molar-refractivity contribution >= 4 is 11.9 Å². The highest BCUT2D eigenvalue weighted by atomic mass is 32.2. The van der Waals surface area contributed by atoms with Crippen LogP contribution in [0.4, 0.5) is 0 Å². The Morgan fingerprint density at radius 2 is 1.81 bits per heavy atom. The Balaban J connectivity index is 1.44. The number of aromatic nitrogens is 1. The van der Waals surface area contributed by atoms with Gasteiger partial charge in [-0.25, -0.2) is 0 Å². The highest BCUT2D eigenvalue weighted by Crippen LogP contribution is 2.35. The van der Waals surface area contributed by atoms with E-state index >= 15 is 0 Å². The number of aryl methyl sites for hydroxylation is 2. The van der Waals surface area contributed by atoms with E-state index in [1.54, 1.807) is 11.9 Å².